The number of carbonyl (C=O) groups excluding carboxylic acids is 1. The lowest BCUT2D eigenvalue weighted by Crippen LogP contribution is -2.49. The summed E-state index contributed by atoms with van der Waals surface area (Å²) in [6, 6.07) is 10.6. The predicted octanol–water partition coefficient (Wildman–Crippen LogP) is 1.97. The van der Waals surface area contributed by atoms with Crippen molar-refractivity contribution in [1.82, 2.24) is 20.0 Å². The monoisotopic (exact) mass is 312 g/mol. The largest absolute Gasteiger partial charge is 0.336 e. The first-order valence-corrected chi connectivity index (χ1v) is 8.35. The van der Waals surface area contributed by atoms with Gasteiger partial charge in [-0.25, -0.2) is 0 Å². The number of rotatable bonds is 5. The molecule has 1 aromatic heterocycles. The van der Waals surface area contributed by atoms with E-state index in [0.717, 1.165) is 56.8 Å². The van der Waals surface area contributed by atoms with Gasteiger partial charge in [0.1, 0.15) is 0 Å². The highest BCUT2D eigenvalue weighted by Crippen LogP contribution is 2.12. The Hall–Kier alpha value is -2.14. The quantitative estimate of drug-likeness (QED) is 0.918. The maximum atomic E-state index is 12.6. The molecule has 3 rings (SSSR count). The Morgan fingerprint density at radius 3 is 2.61 bits per heavy atom. The van der Waals surface area contributed by atoms with Crippen LogP contribution in [0.25, 0.3) is 0 Å². The van der Waals surface area contributed by atoms with E-state index >= 15 is 0 Å². The van der Waals surface area contributed by atoms with Crippen LogP contribution in [0.1, 0.15) is 28.5 Å². The second-order valence-corrected chi connectivity index (χ2v) is 5.99. The van der Waals surface area contributed by atoms with Gasteiger partial charge >= 0.3 is 0 Å². The summed E-state index contributed by atoms with van der Waals surface area (Å²) in [7, 11) is 0. The molecule has 0 saturated carbocycles. The number of nitrogens with one attached hydrogen (secondary N) is 1. The van der Waals surface area contributed by atoms with E-state index in [9.17, 15) is 4.79 Å². The molecule has 2 heterocycles. The van der Waals surface area contributed by atoms with Crippen molar-refractivity contribution in [2.45, 2.75) is 19.8 Å². The first kappa shape index (κ1) is 15.7. The number of carbonyl (C=O) groups is 1. The molecule has 0 spiro atoms. The van der Waals surface area contributed by atoms with E-state index in [4.69, 9.17) is 0 Å². The summed E-state index contributed by atoms with van der Waals surface area (Å²) in [4.78, 5) is 17.0. The van der Waals surface area contributed by atoms with Gasteiger partial charge in [-0.15, -0.1) is 0 Å². The summed E-state index contributed by atoms with van der Waals surface area (Å²) in [6.07, 6.45) is 3.53. The zero-order valence-electron chi connectivity index (χ0n) is 13.7. The van der Waals surface area contributed by atoms with E-state index in [0.29, 0.717) is 0 Å². The third-order valence-corrected chi connectivity index (χ3v) is 4.52. The number of H-pyrrole nitrogens is 1. The van der Waals surface area contributed by atoms with Crippen LogP contribution in [0.3, 0.4) is 0 Å². The predicted molar refractivity (Wildman–Crippen MR) is 90.5 cm³/mol. The second-order valence-electron chi connectivity index (χ2n) is 5.99. The van der Waals surface area contributed by atoms with E-state index in [1.54, 1.807) is 6.20 Å². The minimum absolute atomic E-state index is 0.110. The lowest BCUT2D eigenvalue weighted by Gasteiger charge is -2.34. The minimum Gasteiger partial charge on any atom is -0.336 e. The fourth-order valence-electron chi connectivity index (χ4n) is 3.04. The molecule has 5 heteroatoms. The van der Waals surface area contributed by atoms with Crippen molar-refractivity contribution >= 4 is 5.91 Å². The number of aryl methyl sites for hydroxylation is 1. The van der Waals surface area contributed by atoms with Crippen LogP contribution in [-0.2, 0) is 12.8 Å². The Morgan fingerprint density at radius 1 is 1.17 bits per heavy atom. The van der Waals surface area contributed by atoms with Crippen molar-refractivity contribution in [3.63, 3.8) is 0 Å². The van der Waals surface area contributed by atoms with E-state index in [-0.39, 0.29) is 5.91 Å². The molecule has 2 aromatic rings. The summed E-state index contributed by atoms with van der Waals surface area (Å²) in [6.45, 7) is 6.56. The first-order valence-electron chi connectivity index (χ1n) is 8.35. The fourth-order valence-corrected chi connectivity index (χ4v) is 3.04. The van der Waals surface area contributed by atoms with Crippen LogP contribution in [0, 0.1) is 0 Å². The zero-order valence-corrected chi connectivity index (χ0v) is 13.7. The molecule has 122 valence electrons. The Labute approximate surface area is 137 Å². The van der Waals surface area contributed by atoms with Crippen molar-refractivity contribution < 1.29 is 4.79 Å². The van der Waals surface area contributed by atoms with Gasteiger partial charge in [0.05, 0.1) is 11.8 Å². The van der Waals surface area contributed by atoms with Gasteiger partial charge in [-0.2, -0.15) is 5.10 Å². The Kier molecular flexibility index (Phi) is 5.08. The first-order chi connectivity index (χ1) is 11.3. The maximum absolute atomic E-state index is 12.6. The molecule has 0 bridgehead atoms. The van der Waals surface area contributed by atoms with Gasteiger partial charge in [0.25, 0.3) is 5.91 Å². The van der Waals surface area contributed by atoms with Gasteiger partial charge in [-0.05, 0) is 18.4 Å². The fraction of sp³-hybridized carbons (Fsp3) is 0.444. The van der Waals surface area contributed by atoms with Crippen molar-refractivity contribution in [1.29, 1.82) is 0 Å². The standard InChI is InChI=1S/C18H24N4O/c1-2-17-16(14-19-20-17)18(23)22-12-10-21(11-13-22)9-8-15-6-4-3-5-7-15/h3-7,14H,2,8-13H2,1H3,(H,19,20). The van der Waals surface area contributed by atoms with Gasteiger partial charge < -0.3 is 4.90 Å². The maximum Gasteiger partial charge on any atom is 0.257 e. The number of hydrogen-bond donors (Lipinski definition) is 1. The highest BCUT2D eigenvalue weighted by atomic mass is 16.2. The van der Waals surface area contributed by atoms with Gasteiger partial charge in [0.15, 0.2) is 0 Å². The number of hydrogen-bond acceptors (Lipinski definition) is 3. The molecule has 1 aliphatic heterocycles. The molecule has 1 saturated heterocycles. The van der Waals surface area contributed by atoms with E-state index in [1.165, 1.54) is 5.56 Å². The van der Waals surface area contributed by atoms with Crippen LogP contribution in [0.4, 0.5) is 0 Å². The van der Waals surface area contributed by atoms with Crippen molar-refractivity contribution in [3.8, 4) is 0 Å². The van der Waals surface area contributed by atoms with Crippen molar-refractivity contribution in [2.24, 2.45) is 0 Å². The minimum atomic E-state index is 0.110. The number of aromatic nitrogens is 2. The normalized spacial score (nSPS) is 15.8. The molecule has 0 radical (unpaired) electrons. The summed E-state index contributed by atoms with van der Waals surface area (Å²) in [5.41, 5.74) is 3.03. The summed E-state index contributed by atoms with van der Waals surface area (Å²) >= 11 is 0. The number of piperazine rings is 1. The van der Waals surface area contributed by atoms with E-state index in [2.05, 4.69) is 39.4 Å². The van der Waals surface area contributed by atoms with Crippen LogP contribution in [0.5, 0.6) is 0 Å². The Morgan fingerprint density at radius 2 is 1.91 bits per heavy atom. The van der Waals surface area contributed by atoms with Crippen LogP contribution in [0.2, 0.25) is 0 Å². The molecule has 1 aliphatic rings. The average Bonchev–Trinajstić information content (AvgIpc) is 3.09. The number of benzene rings is 1. The molecular formula is C18H24N4O. The van der Waals surface area contributed by atoms with E-state index < -0.39 is 0 Å². The molecule has 0 aliphatic carbocycles. The molecular weight excluding hydrogens is 288 g/mol. The topological polar surface area (TPSA) is 52.2 Å². The highest BCUT2D eigenvalue weighted by Gasteiger charge is 2.24. The van der Waals surface area contributed by atoms with Crippen molar-refractivity contribution in [2.75, 3.05) is 32.7 Å². The van der Waals surface area contributed by atoms with Gasteiger partial charge in [-0.1, -0.05) is 37.3 Å². The van der Waals surface area contributed by atoms with Crippen LogP contribution >= 0.6 is 0 Å². The van der Waals surface area contributed by atoms with Crippen LogP contribution in [0.15, 0.2) is 36.5 Å². The van der Waals surface area contributed by atoms with Gasteiger partial charge in [0.2, 0.25) is 0 Å². The Bertz CT molecular complexity index is 629. The molecule has 1 amide bonds. The highest BCUT2D eigenvalue weighted by molar-refractivity contribution is 5.95. The molecule has 1 fully saturated rings. The van der Waals surface area contributed by atoms with Gasteiger partial charge in [-0.3, -0.25) is 14.8 Å². The SMILES string of the molecule is CCc1[nH]ncc1C(=O)N1CCN(CCc2ccccc2)CC1. The summed E-state index contributed by atoms with van der Waals surface area (Å²) in [5, 5.41) is 6.92. The average molecular weight is 312 g/mol. The molecule has 0 unspecified atom stereocenters. The van der Waals surface area contributed by atoms with E-state index in [1.807, 2.05) is 17.9 Å². The smallest absolute Gasteiger partial charge is 0.257 e. The lowest BCUT2D eigenvalue weighted by atomic mass is 10.1. The van der Waals surface area contributed by atoms with Crippen molar-refractivity contribution in [3.05, 3.63) is 53.3 Å². The molecule has 1 aromatic carbocycles. The lowest BCUT2D eigenvalue weighted by molar-refractivity contribution is 0.0637. The number of nitrogens with zero attached hydrogens (tertiary/aromatic N) is 3. The van der Waals surface area contributed by atoms with Crippen LogP contribution in [-0.4, -0.2) is 58.6 Å². The summed E-state index contributed by atoms with van der Waals surface area (Å²) < 4.78 is 0. The third-order valence-electron chi connectivity index (χ3n) is 4.52. The summed E-state index contributed by atoms with van der Waals surface area (Å²) in [5.74, 6) is 0.110. The molecule has 0 atom stereocenters. The second kappa shape index (κ2) is 7.42. The number of aromatic amines is 1. The molecule has 23 heavy (non-hydrogen) atoms. The molecule has 1 N–H and O–H groups in total. The number of amides is 1. The zero-order chi connectivity index (χ0) is 16.1. The Balaban J connectivity index is 1.49. The molecule has 5 nitrogen and oxygen atoms in total. The van der Waals surface area contributed by atoms with Crippen LogP contribution < -0.4 is 0 Å². The third kappa shape index (κ3) is 3.79. The van der Waals surface area contributed by atoms with Gasteiger partial charge in [0, 0.05) is 38.4 Å².